The molecule has 0 atom stereocenters. The summed E-state index contributed by atoms with van der Waals surface area (Å²) < 4.78 is 0. The Hall–Kier alpha value is -9.30. The van der Waals surface area contributed by atoms with Gasteiger partial charge in [-0.15, -0.1) is 0 Å². The summed E-state index contributed by atoms with van der Waals surface area (Å²) in [5.74, 6) is 0. The largest absolute Gasteiger partial charge is 0.310 e. The molecule has 1 heteroatoms. The van der Waals surface area contributed by atoms with Crippen molar-refractivity contribution in [3.8, 4) is 89.0 Å². The van der Waals surface area contributed by atoms with Crippen LogP contribution in [0.25, 0.3) is 99.8 Å². The van der Waals surface area contributed by atoms with Crippen molar-refractivity contribution in [1.82, 2.24) is 0 Å². The highest BCUT2D eigenvalue weighted by Crippen LogP contribution is 2.55. The molecule has 0 radical (unpaired) electrons. The van der Waals surface area contributed by atoms with Crippen molar-refractivity contribution in [2.24, 2.45) is 0 Å². The summed E-state index contributed by atoms with van der Waals surface area (Å²) in [7, 11) is 0. The van der Waals surface area contributed by atoms with Crippen LogP contribution in [0.4, 0.5) is 17.1 Å². The molecule has 0 saturated carbocycles. The van der Waals surface area contributed by atoms with E-state index in [0.29, 0.717) is 0 Å². The zero-order valence-corrected chi connectivity index (χ0v) is 41.6. The van der Waals surface area contributed by atoms with E-state index >= 15 is 0 Å². The first-order chi connectivity index (χ1) is 36.5. The maximum absolute atomic E-state index is 2.47. The summed E-state index contributed by atoms with van der Waals surface area (Å²) in [5, 5.41) is 2.49. The zero-order chi connectivity index (χ0) is 49.6. The van der Waals surface area contributed by atoms with E-state index in [0.717, 1.165) is 22.6 Å². The molecule has 0 aromatic heterocycles. The third-order valence-corrected chi connectivity index (χ3v) is 15.3. The lowest BCUT2D eigenvalue weighted by atomic mass is 9.80. The topological polar surface area (TPSA) is 3.24 Å². The Labute approximate surface area is 435 Å². The van der Waals surface area contributed by atoms with Gasteiger partial charge in [-0.2, -0.15) is 0 Å². The fourth-order valence-electron chi connectivity index (χ4n) is 11.7. The highest BCUT2D eigenvalue weighted by atomic mass is 15.1. The Balaban J connectivity index is 1.01. The molecule has 0 aliphatic heterocycles. The maximum atomic E-state index is 2.47. The molecule has 350 valence electrons. The number of hydrogen-bond acceptors (Lipinski definition) is 1. The van der Waals surface area contributed by atoms with Crippen LogP contribution in [0.1, 0.15) is 25.0 Å². The van der Waals surface area contributed by atoms with Gasteiger partial charge >= 0.3 is 0 Å². The lowest BCUT2D eigenvalue weighted by Crippen LogP contribution is -2.17. The summed E-state index contributed by atoms with van der Waals surface area (Å²) >= 11 is 0. The number of hydrogen-bond donors (Lipinski definition) is 0. The van der Waals surface area contributed by atoms with Crippen molar-refractivity contribution in [2.75, 3.05) is 4.90 Å². The minimum Gasteiger partial charge on any atom is -0.310 e. The quantitative estimate of drug-likeness (QED) is 0.132. The Bertz CT molecular complexity index is 3930. The van der Waals surface area contributed by atoms with Crippen LogP contribution < -0.4 is 4.90 Å². The van der Waals surface area contributed by atoms with Crippen LogP contribution in [0.15, 0.2) is 285 Å². The van der Waals surface area contributed by atoms with Gasteiger partial charge in [-0.25, -0.2) is 0 Å². The summed E-state index contributed by atoms with van der Waals surface area (Å²) in [5.41, 5.74) is 25.2. The number of benzene rings is 12. The number of nitrogens with zero attached hydrogens (tertiary/aromatic N) is 1. The van der Waals surface area contributed by atoms with Crippen molar-refractivity contribution in [3.63, 3.8) is 0 Å². The molecule has 0 fully saturated rings. The highest BCUT2D eigenvalue weighted by Gasteiger charge is 2.38. The van der Waals surface area contributed by atoms with Crippen LogP contribution in [-0.4, -0.2) is 0 Å². The number of para-hydroxylation sites is 1. The van der Waals surface area contributed by atoms with Crippen LogP contribution in [-0.2, 0) is 5.41 Å². The lowest BCUT2D eigenvalue weighted by Gasteiger charge is -2.30. The average molecular weight is 944 g/mol. The fourth-order valence-corrected chi connectivity index (χ4v) is 11.7. The van der Waals surface area contributed by atoms with E-state index in [1.807, 2.05) is 0 Å². The molecule has 12 aromatic rings. The van der Waals surface area contributed by atoms with Crippen molar-refractivity contribution < 1.29 is 0 Å². The SMILES string of the molecule is CC1(C)c2cc(N(c3ccc(-c4ccc(-c5ccccc5)c5c(-c6ccccc6)ccc(-c6ccccc6)c45)cc3)c3ccccc3-c3ccccc3)ccc2-c2c(-c3ccccc3)cc(-c3ccccc3)cc21. The van der Waals surface area contributed by atoms with Crippen molar-refractivity contribution >= 4 is 27.8 Å². The smallest absolute Gasteiger partial charge is 0.0540 e. The van der Waals surface area contributed by atoms with Gasteiger partial charge in [0.2, 0.25) is 0 Å². The van der Waals surface area contributed by atoms with Gasteiger partial charge in [0.25, 0.3) is 0 Å². The van der Waals surface area contributed by atoms with Gasteiger partial charge in [0.1, 0.15) is 0 Å². The Kier molecular flexibility index (Phi) is 11.3. The van der Waals surface area contributed by atoms with Crippen LogP contribution >= 0.6 is 0 Å². The Morgan fingerprint density at radius 3 is 1.08 bits per heavy atom. The third-order valence-electron chi connectivity index (χ3n) is 15.3. The summed E-state index contributed by atoms with van der Waals surface area (Å²) in [6.45, 7) is 4.81. The molecule has 1 nitrogen and oxygen atoms in total. The molecule has 13 rings (SSSR count). The van der Waals surface area contributed by atoms with E-state index in [-0.39, 0.29) is 5.41 Å². The van der Waals surface area contributed by atoms with Crippen molar-refractivity contribution in [1.29, 1.82) is 0 Å². The van der Waals surface area contributed by atoms with Gasteiger partial charge in [-0.3, -0.25) is 0 Å². The van der Waals surface area contributed by atoms with E-state index in [2.05, 4.69) is 304 Å². The van der Waals surface area contributed by atoms with Gasteiger partial charge in [-0.1, -0.05) is 257 Å². The fraction of sp³-hybridized carbons (Fsp3) is 0.0411. The minimum atomic E-state index is -0.286. The standard InChI is InChI=1S/C73H53N/c1-73(2)67-49-59(41-42-65(67)70-66(55-33-19-8-20-34-55)47-57(48-68(70)73)50-23-9-3-10-24-50)74(69-36-22-21-35-60(69)51-25-11-4-12-26-51)58-39-37-56(38-40-58)64-46-45-62(53-29-15-6-16-30-53)71-61(52-27-13-5-14-28-52)43-44-63(72(64)71)54-31-17-7-18-32-54/h3-49H,1-2H3. The van der Waals surface area contributed by atoms with Gasteiger partial charge in [0, 0.05) is 22.4 Å². The Morgan fingerprint density at radius 2 is 0.608 bits per heavy atom. The molecule has 12 aromatic carbocycles. The van der Waals surface area contributed by atoms with E-state index in [1.165, 1.54) is 105 Å². The van der Waals surface area contributed by atoms with Gasteiger partial charge in [0.05, 0.1) is 5.69 Å². The molecule has 74 heavy (non-hydrogen) atoms. The van der Waals surface area contributed by atoms with Crippen LogP contribution in [0.2, 0.25) is 0 Å². The molecular weight excluding hydrogens is 891 g/mol. The zero-order valence-electron chi connectivity index (χ0n) is 41.6. The van der Waals surface area contributed by atoms with E-state index < -0.39 is 0 Å². The first-order valence-electron chi connectivity index (χ1n) is 25.7. The molecule has 0 amide bonds. The molecule has 0 bridgehead atoms. The molecule has 1 aliphatic rings. The number of anilines is 3. The lowest BCUT2D eigenvalue weighted by molar-refractivity contribution is 0.661. The van der Waals surface area contributed by atoms with Crippen LogP contribution in [0.3, 0.4) is 0 Å². The molecule has 0 spiro atoms. The van der Waals surface area contributed by atoms with Gasteiger partial charge < -0.3 is 4.90 Å². The third kappa shape index (κ3) is 7.82. The normalized spacial score (nSPS) is 12.3. The first-order valence-corrected chi connectivity index (χ1v) is 25.7. The summed E-state index contributed by atoms with van der Waals surface area (Å²) in [6, 6.07) is 105. The molecule has 0 saturated heterocycles. The maximum Gasteiger partial charge on any atom is 0.0540 e. The predicted octanol–water partition coefficient (Wildman–Crippen LogP) is 20.3. The van der Waals surface area contributed by atoms with E-state index in [9.17, 15) is 0 Å². The second-order valence-electron chi connectivity index (χ2n) is 20.0. The van der Waals surface area contributed by atoms with Gasteiger partial charge in [0.15, 0.2) is 0 Å². The second-order valence-corrected chi connectivity index (χ2v) is 20.0. The predicted molar refractivity (Wildman–Crippen MR) is 314 cm³/mol. The van der Waals surface area contributed by atoms with E-state index in [4.69, 9.17) is 0 Å². The van der Waals surface area contributed by atoms with Crippen LogP contribution in [0.5, 0.6) is 0 Å². The van der Waals surface area contributed by atoms with Crippen LogP contribution in [0, 0.1) is 0 Å². The van der Waals surface area contributed by atoms with Crippen molar-refractivity contribution in [3.05, 3.63) is 296 Å². The minimum absolute atomic E-state index is 0.286. The molecule has 0 N–H and O–H groups in total. The highest BCUT2D eigenvalue weighted by molar-refractivity contribution is 6.17. The molecular formula is C73H53N. The van der Waals surface area contributed by atoms with Crippen molar-refractivity contribution in [2.45, 2.75) is 19.3 Å². The number of fused-ring (bicyclic) bond motifs is 4. The first kappa shape index (κ1) is 44.6. The average Bonchev–Trinajstić information content (AvgIpc) is 3.71. The summed E-state index contributed by atoms with van der Waals surface area (Å²) in [6.07, 6.45) is 0. The monoisotopic (exact) mass is 943 g/mol. The second kappa shape index (κ2) is 18.7. The Morgan fingerprint density at radius 1 is 0.243 bits per heavy atom. The summed E-state index contributed by atoms with van der Waals surface area (Å²) in [4.78, 5) is 2.47. The van der Waals surface area contributed by atoms with E-state index in [1.54, 1.807) is 0 Å². The molecule has 1 aliphatic carbocycles. The van der Waals surface area contributed by atoms with Gasteiger partial charge in [-0.05, 0) is 148 Å². The number of rotatable bonds is 10. The molecule has 0 unspecified atom stereocenters. The molecule has 0 heterocycles.